The first-order valence-corrected chi connectivity index (χ1v) is 7.12. The molecule has 10 heteroatoms. The highest BCUT2D eigenvalue weighted by Crippen LogP contribution is 2.27. The van der Waals surface area contributed by atoms with Crippen LogP contribution in [-0.4, -0.2) is 24.8 Å². The maximum atomic E-state index is 12.8. The van der Waals surface area contributed by atoms with Gasteiger partial charge in [-0.05, 0) is 26.0 Å². The van der Waals surface area contributed by atoms with Crippen molar-refractivity contribution >= 4 is 22.8 Å². The molecule has 1 N–H and O–H groups in total. The summed E-state index contributed by atoms with van der Waals surface area (Å²) in [5.41, 5.74) is 0.988. The lowest BCUT2D eigenvalue weighted by Gasteiger charge is -2.06. The Morgan fingerprint density at radius 1 is 1.23 bits per heavy atom. The first kappa shape index (κ1) is 14.7. The molecule has 0 saturated heterocycles. The van der Waals surface area contributed by atoms with E-state index in [9.17, 15) is 13.2 Å². The van der Waals surface area contributed by atoms with Crippen LogP contribution in [0.25, 0.3) is 5.65 Å². The van der Waals surface area contributed by atoms with E-state index >= 15 is 0 Å². The number of thiazole rings is 1. The lowest BCUT2D eigenvalue weighted by atomic mass is 10.4. The van der Waals surface area contributed by atoms with Crippen molar-refractivity contribution in [3.05, 3.63) is 33.5 Å². The van der Waals surface area contributed by atoms with Gasteiger partial charge in [-0.3, -0.25) is 0 Å². The number of hydrogen-bond donors (Lipinski definition) is 1. The lowest BCUT2D eigenvalue weighted by Crippen LogP contribution is -2.13. The monoisotopic (exact) mass is 328 g/mol. The molecule has 0 aromatic carbocycles. The van der Waals surface area contributed by atoms with Gasteiger partial charge >= 0.3 is 6.18 Å². The number of fused-ring (bicyclic) bond motifs is 1. The normalized spacial score (nSPS) is 12.0. The highest BCUT2D eigenvalue weighted by atomic mass is 32.1. The van der Waals surface area contributed by atoms with Gasteiger partial charge in [0.2, 0.25) is 0 Å². The van der Waals surface area contributed by atoms with E-state index in [1.807, 2.05) is 13.8 Å². The van der Waals surface area contributed by atoms with Crippen LogP contribution in [0, 0.1) is 13.8 Å². The largest absolute Gasteiger partial charge is 0.453 e. The number of halogens is 3. The summed E-state index contributed by atoms with van der Waals surface area (Å²) in [5.74, 6) is -0.851. The van der Waals surface area contributed by atoms with E-state index in [0.29, 0.717) is 16.9 Å². The van der Waals surface area contributed by atoms with Crippen molar-refractivity contribution in [1.29, 1.82) is 0 Å². The van der Waals surface area contributed by atoms with Crippen molar-refractivity contribution < 1.29 is 13.2 Å². The molecule has 22 heavy (non-hydrogen) atoms. The second-order valence-corrected chi connectivity index (χ2v) is 5.90. The Bertz CT molecular complexity index is 802. The average molecular weight is 328 g/mol. The van der Waals surface area contributed by atoms with Crippen molar-refractivity contribution in [2.45, 2.75) is 26.6 Å². The van der Waals surface area contributed by atoms with Crippen molar-refractivity contribution in [1.82, 2.24) is 24.8 Å². The minimum absolute atomic E-state index is 0.0406. The van der Waals surface area contributed by atoms with Crippen LogP contribution in [0.15, 0.2) is 12.1 Å². The van der Waals surface area contributed by atoms with Gasteiger partial charge in [-0.15, -0.1) is 26.6 Å². The minimum Gasteiger partial charge on any atom is -0.362 e. The third-order valence-corrected chi connectivity index (χ3v) is 4.08. The third-order valence-electron chi connectivity index (χ3n) is 3.01. The van der Waals surface area contributed by atoms with Crippen LogP contribution in [0.3, 0.4) is 0 Å². The Morgan fingerprint density at radius 3 is 2.64 bits per heavy atom. The highest BCUT2D eigenvalue weighted by molar-refractivity contribution is 7.11. The standard InChI is InChI=1S/C12H11F3N6S/c1-6-7(2)22-10(17-6)5-16-8-3-4-9-18-19-11(12(13,14)15)21(9)20-8/h3-4H,5H2,1-2H3,(H,16,20). The van der Waals surface area contributed by atoms with Gasteiger partial charge in [-0.25, -0.2) is 4.98 Å². The van der Waals surface area contributed by atoms with Crippen LogP contribution in [0.4, 0.5) is 19.0 Å². The molecule has 3 aromatic rings. The molecule has 0 aliphatic carbocycles. The van der Waals surface area contributed by atoms with E-state index in [1.54, 1.807) is 6.07 Å². The Kier molecular flexibility index (Phi) is 3.47. The number of aromatic nitrogens is 5. The number of rotatable bonds is 3. The van der Waals surface area contributed by atoms with Crippen molar-refractivity contribution in [2.75, 3.05) is 5.32 Å². The predicted octanol–water partition coefficient (Wildman–Crippen LogP) is 2.83. The average Bonchev–Trinajstić information content (AvgIpc) is 2.99. The van der Waals surface area contributed by atoms with E-state index in [4.69, 9.17) is 0 Å². The first-order chi connectivity index (χ1) is 10.3. The molecule has 0 aliphatic rings. The molecular weight excluding hydrogens is 317 g/mol. The van der Waals surface area contributed by atoms with Gasteiger partial charge in [0.25, 0.3) is 5.82 Å². The summed E-state index contributed by atoms with van der Waals surface area (Å²) in [4.78, 5) is 5.46. The molecular formula is C12H11F3N6S. The van der Waals surface area contributed by atoms with Gasteiger partial charge in [-0.1, -0.05) is 0 Å². The summed E-state index contributed by atoms with van der Waals surface area (Å²) in [5, 5.41) is 14.3. The van der Waals surface area contributed by atoms with Gasteiger partial charge in [0.15, 0.2) is 5.65 Å². The van der Waals surface area contributed by atoms with Crippen LogP contribution in [-0.2, 0) is 12.7 Å². The number of nitrogens with zero attached hydrogens (tertiary/aromatic N) is 5. The molecule has 3 heterocycles. The molecule has 3 aromatic heterocycles. The number of nitrogens with one attached hydrogen (secondary N) is 1. The molecule has 0 aliphatic heterocycles. The van der Waals surface area contributed by atoms with Gasteiger partial charge in [0.1, 0.15) is 10.8 Å². The molecule has 0 fully saturated rings. The topological polar surface area (TPSA) is 68.0 Å². The SMILES string of the molecule is Cc1nc(CNc2ccc3nnc(C(F)(F)F)n3n2)sc1C. The molecule has 116 valence electrons. The van der Waals surface area contributed by atoms with Gasteiger partial charge in [0.05, 0.1) is 12.2 Å². The van der Waals surface area contributed by atoms with Crippen molar-refractivity contribution in [3.63, 3.8) is 0 Å². The minimum atomic E-state index is -4.60. The summed E-state index contributed by atoms with van der Waals surface area (Å²) >= 11 is 1.53. The predicted molar refractivity (Wildman–Crippen MR) is 74.7 cm³/mol. The summed E-state index contributed by atoms with van der Waals surface area (Å²) < 4.78 is 39.0. The maximum absolute atomic E-state index is 12.8. The van der Waals surface area contributed by atoms with Crippen molar-refractivity contribution in [3.8, 4) is 0 Å². The number of anilines is 1. The zero-order valence-corrected chi connectivity index (χ0v) is 12.5. The third kappa shape index (κ3) is 2.73. The number of aryl methyl sites for hydroxylation is 2. The van der Waals surface area contributed by atoms with Crippen LogP contribution in [0.2, 0.25) is 0 Å². The fourth-order valence-corrected chi connectivity index (χ4v) is 2.71. The number of hydrogen-bond acceptors (Lipinski definition) is 6. The zero-order chi connectivity index (χ0) is 15.9. The van der Waals surface area contributed by atoms with E-state index < -0.39 is 12.0 Å². The summed E-state index contributed by atoms with van der Waals surface area (Å²) in [6.07, 6.45) is -4.60. The first-order valence-electron chi connectivity index (χ1n) is 6.31. The Labute approximate surface area is 127 Å². The van der Waals surface area contributed by atoms with Crippen LogP contribution in [0.1, 0.15) is 21.4 Å². The van der Waals surface area contributed by atoms with Crippen LogP contribution in [0.5, 0.6) is 0 Å². The quantitative estimate of drug-likeness (QED) is 0.801. The van der Waals surface area contributed by atoms with E-state index in [2.05, 4.69) is 25.6 Å². The molecule has 6 nitrogen and oxygen atoms in total. The fraction of sp³-hybridized carbons (Fsp3) is 0.333. The fourth-order valence-electron chi connectivity index (χ4n) is 1.84. The zero-order valence-electron chi connectivity index (χ0n) is 11.6. The molecule has 3 rings (SSSR count). The highest BCUT2D eigenvalue weighted by Gasteiger charge is 2.37. The van der Waals surface area contributed by atoms with Crippen LogP contribution >= 0.6 is 11.3 Å². The molecule has 0 atom stereocenters. The summed E-state index contributed by atoms with van der Waals surface area (Å²) in [6.45, 7) is 4.27. The van der Waals surface area contributed by atoms with E-state index in [0.717, 1.165) is 15.6 Å². The maximum Gasteiger partial charge on any atom is 0.453 e. The van der Waals surface area contributed by atoms with E-state index in [1.165, 1.54) is 17.4 Å². The molecule has 0 amide bonds. The van der Waals surface area contributed by atoms with Crippen molar-refractivity contribution in [2.24, 2.45) is 0 Å². The summed E-state index contributed by atoms with van der Waals surface area (Å²) in [7, 11) is 0. The Balaban J connectivity index is 1.85. The van der Waals surface area contributed by atoms with Gasteiger partial charge < -0.3 is 5.32 Å². The molecule has 0 saturated carbocycles. The molecule has 0 bridgehead atoms. The summed E-state index contributed by atoms with van der Waals surface area (Å²) in [6, 6.07) is 2.98. The lowest BCUT2D eigenvalue weighted by molar-refractivity contribution is -0.146. The van der Waals surface area contributed by atoms with E-state index in [-0.39, 0.29) is 5.65 Å². The molecule has 0 unspecified atom stereocenters. The molecule has 0 radical (unpaired) electrons. The smallest absolute Gasteiger partial charge is 0.362 e. The van der Waals surface area contributed by atoms with Gasteiger partial charge in [0, 0.05) is 4.88 Å². The second-order valence-electron chi connectivity index (χ2n) is 4.61. The number of alkyl halides is 3. The second kappa shape index (κ2) is 5.20. The Morgan fingerprint density at radius 2 is 2.00 bits per heavy atom. The molecule has 0 spiro atoms. The van der Waals surface area contributed by atoms with Crippen LogP contribution < -0.4 is 5.32 Å². The van der Waals surface area contributed by atoms with Gasteiger partial charge in [-0.2, -0.15) is 17.7 Å². The Hall–Kier alpha value is -2.23.